The van der Waals surface area contributed by atoms with E-state index in [1.54, 1.807) is 0 Å². The first-order chi connectivity index (χ1) is 22.7. The van der Waals surface area contributed by atoms with Crippen LogP contribution in [0.2, 0.25) is 0 Å². The fourth-order valence-electron chi connectivity index (χ4n) is 6.39. The van der Waals surface area contributed by atoms with Gasteiger partial charge in [0.25, 0.3) is 0 Å². The second-order valence-electron chi connectivity index (χ2n) is 11.2. The molecule has 1 unspecified atom stereocenters. The summed E-state index contributed by atoms with van der Waals surface area (Å²) in [6, 6.07) is 49.5. The second-order valence-corrected chi connectivity index (χ2v) is 13.9. The average molecular weight is 613 g/mol. The molecule has 0 spiro atoms. The minimum atomic E-state index is -3.26. The lowest BCUT2D eigenvalue weighted by Crippen LogP contribution is -2.30. The highest BCUT2D eigenvalue weighted by Crippen LogP contribution is 2.52. The molecule has 6 aromatic carbocycles. The zero-order chi connectivity index (χ0) is 30.7. The van der Waals surface area contributed by atoms with Gasteiger partial charge >= 0.3 is 0 Å². The van der Waals surface area contributed by atoms with Crippen LogP contribution in [0.5, 0.6) is 11.5 Å². The predicted octanol–water partition coefficient (Wildman–Crippen LogP) is 8.05. The summed E-state index contributed by atoms with van der Waals surface area (Å²) in [6.45, 7) is 0. The largest absolute Gasteiger partial charge is 0.456 e. The lowest BCUT2D eigenvalue weighted by molar-refractivity contribution is 0.486. The maximum absolute atomic E-state index is 15.4. The van der Waals surface area contributed by atoms with E-state index >= 15 is 4.57 Å². The van der Waals surface area contributed by atoms with Crippen molar-refractivity contribution in [3.8, 4) is 40.2 Å². The van der Waals surface area contributed by atoms with E-state index in [-0.39, 0.29) is 0 Å². The molecule has 46 heavy (non-hydrogen) atoms. The molecular formula is C39H25N4O2P. The van der Waals surface area contributed by atoms with Crippen molar-refractivity contribution in [3.05, 3.63) is 152 Å². The molecule has 7 heteroatoms. The molecule has 0 aliphatic carbocycles. The van der Waals surface area contributed by atoms with Crippen LogP contribution in [0, 0.1) is 0 Å². The van der Waals surface area contributed by atoms with Gasteiger partial charge in [-0.05, 0) is 24.3 Å². The van der Waals surface area contributed by atoms with E-state index < -0.39 is 7.14 Å². The molecule has 1 aliphatic rings. The van der Waals surface area contributed by atoms with Crippen LogP contribution in [0.15, 0.2) is 152 Å². The number of para-hydroxylation sites is 2. The highest BCUT2D eigenvalue weighted by molar-refractivity contribution is 7.85. The second kappa shape index (κ2) is 10.4. The van der Waals surface area contributed by atoms with Crippen LogP contribution in [0.1, 0.15) is 0 Å². The molecule has 2 aromatic heterocycles. The van der Waals surface area contributed by atoms with E-state index in [1.807, 2.05) is 140 Å². The number of rotatable bonds is 4. The number of hydrogen-bond acceptors (Lipinski definition) is 5. The molecule has 0 bridgehead atoms. The third kappa shape index (κ3) is 4.04. The fraction of sp³-hybridized carbons (Fsp3) is 0. The Kier molecular flexibility index (Phi) is 5.99. The molecule has 0 saturated carbocycles. The van der Waals surface area contributed by atoms with E-state index in [0.717, 1.165) is 38.2 Å². The molecule has 218 valence electrons. The Hall–Kier alpha value is -5.84. The molecule has 3 heterocycles. The van der Waals surface area contributed by atoms with Crippen molar-refractivity contribution in [2.45, 2.75) is 0 Å². The normalized spacial score (nSPS) is 15.3. The molecule has 1 atom stereocenters. The first-order valence-electron chi connectivity index (χ1n) is 15.1. The van der Waals surface area contributed by atoms with Gasteiger partial charge in [-0.3, -0.25) is 4.57 Å². The average Bonchev–Trinajstić information content (AvgIpc) is 3.45. The summed E-state index contributed by atoms with van der Waals surface area (Å²) in [7, 11) is -3.26. The smallest absolute Gasteiger partial charge is 0.238 e. The summed E-state index contributed by atoms with van der Waals surface area (Å²) in [5, 5.41) is 4.10. The summed E-state index contributed by atoms with van der Waals surface area (Å²) in [5.74, 6) is 2.80. The number of hydrogen-bond donors (Lipinski definition) is 0. The van der Waals surface area contributed by atoms with Gasteiger partial charge in [0.15, 0.2) is 18.8 Å². The Balaban J connectivity index is 1.35. The van der Waals surface area contributed by atoms with Crippen LogP contribution < -0.4 is 20.7 Å². The first kappa shape index (κ1) is 26.6. The summed E-state index contributed by atoms with van der Waals surface area (Å²) < 4.78 is 24.0. The Labute approximate surface area is 265 Å². The summed E-state index contributed by atoms with van der Waals surface area (Å²) >= 11 is 0. The van der Waals surface area contributed by atoms with Gasteiger partial charge in [0.2, 0.25) is 5.95 Å². The SMILES string of the molecule is O=P1(c2ccccc2)c2ccccc2Oc2cc3c(cc21)c1ccccc1n3-c1nc(-c2ccccc2)nc(-c2ccccc2)n1. The monoisotopic (exact) mass is 612 g/mol. The van der Waals surface area contributed by atoms with Gasteiger partial charge in [-0.1, -0.05) is 121 Å². The first-order valence-corrected chi connectivity index (χ1v) is 16.8. The molecule has 9 rings (SSSR count). The molecule has 0 saturated heterocycles. The van der Waals surface area contributed by atoms with Crippen molar-refractivity contribution >= 4 is 44.9 Å². The minimum Gasteiger partial charge on any atom is -0.456 e. The highest BCUT2D eigenvalue weighted by Gasteiger charge is 2.39. The van der Waals surface area contributed by atoms with Crippen molar-refractivity contribution in [1.82, 2.24) is 19.5 Å². The molecule has 0 N–H and O–H groups in total. The zero-order valence-electron chi connectivity index (χ0n) is 24.5. The van der Waals surface area contributed by atoms with E-state index in [2.05, 4.69) is 16.7 Å². The third-order valence-corrected chi connectivity index (χ3v) is 11.6. The Morgan fingerprint density at radius 2 is 1.09 bits per heavy atom. The fourth-order valence-corrected chi connectivity index (χ4v) is 9.26. The van der Waals surface area contributed by atoms with Gasteiger partial charge < -0.3 is 9.30 Å². The van der Waals surface area contributed by atoms with Gasteiger partial charge in [0.1, 0.15) is 11.5 Å². The Morgan fingerprint density at radius 1 is 0.500 bits per heavy atom. The number of ether oxygens (including phenoxy) is 1. The van der Waals surface area contributed by atoms with Crippen LogP contribution >= 0.6 is 7.14 Å². The topological polar surface area (TPSA) is 69.9 Å². The van der Waals surface area contributed by atoms with Gasteiger partial charge in [0, 0.05) is 33.3 Å². The van der Waals surface area contributed by atoms with Gasteiger partial charge in [-0.15, -0.1) is 0 Å². The molecule has 6 nitrogen and oxygen atoms in total. The van der Waals surface area contributed by atoms with Crippen molar-refractivity contribution < 1.29 is 9.30 Å². The maximum Gasteiger partial charge on any atom is 0.238 e. The minimum absolute atomic E-state index is 0.487. The predicted molar refractivity (Wildman–Crippen MR) is 185 cm³/mol. The van der Waals surface area contributed by atoms with Crippen LogP contribution in [0.4, 0.5) is 0 Å². The maximum atomic E-state index is 15.4. The molecule has 1 aliphatic heterocycles. The van der Waals surface area contributed by atoms with Gasteiger partial charge in [0.05, 0.1) is 21.6 Å². The summed E-state index contributed by atoms with van der Waals surface area (Å²) in [5.41, 5.74) is 3.56. The summed E-state index contributed by atoms with van der Waals surface area (Å²) in [6.07, 6.45) is 0. The van der Waals surface area contributed by atoms with Crippen LogP contribution in [0.25, 0.3) is 50.5 Å². The van der Waals surface area contributed by atoms with E-state index in [1.165, 1.54) is 0 Å². The third-order valence-electron chi connectivity index (χ3n) is 8.52. The number of fused-ring (bicyclic) bond motifs is 5. The summed E-state index contributed by atoms with van der Waals surface area (Å²) in [4.78, 5) is 15.0. The molecule has 8 aromatic rings. The number of aromatic nitrogens is 4. The lowest BCUT2D eigenvalue weighted by atomic mass is 10.1. The van der Waals surface area contributed by atoms with Gasteiger partial charge in [-0.25, -0.2) is 4.98 Å². The molecule has 0 amide bonds. The molecule has 0 fully saturated rings. The molecular weight excluding hydrogens is 587 g/mol. The number of nitrogens with zero attached hydrogens (tertiary/aromatic N) is 4. The van der Waals surface area contributed by atoms with Crippen molar-refractivity contribution in [2.24, 2.45) is 0 Å². The van der Waals surface area contributed by atoms with Crippen LogP contribution in [0.3, 0.4) is 0 Å². The van der Waals surface area contributed by atoms with Crippen LogP contribution in [-0.4, -0.2) is 19.5 Å². The standard InChI is InChI=1S/C39H25N4O2P/c44-46(28-18-8-3-9-19-28)35-23-13-12-22-33(35)45-34-25-32-30(24-36(34)46)29-20-10-11-21-31(29)43(32)39-41-37(26-14-4-1-5-15-26)40-38(42-39)27-16-6-2-7-17-27/h1-25H. The van der Waals surface area contributed by atoms with Crippen molar-refractivity contribution in [3.63, 3.8) is 0 Å². The van der Waals surface area contributed by atoms with Gasteiger partial charge in [-0.2, -0.15) is 9.97 Å². The Morgan fingerprint density at radius 3 is 1.78 bits per heavy atom. The van der Waals surface area contributed by atoms with E-state index in [9.17, 15) is 0 Å². The Bertz CT molecular complexity index is 2420. The van der Waals surface area contributed by atoms with Crippen molar-refractivity contribution in [1.29, 1.82) is 0 Å². The zero-order valence-corrected chi connectivity index (χ0v) is 25.4. The van der Waals surface area contributed by atoms with Crippen LogP contribution in [-0.2, 0) is 4.57 Å². The highest BCUT2D eigenvalue weighted by atomic mass is 31.2. The van der Waals surface area contributed by atoms with E-state index in [0.29, 0.717) is 39.7 Å². The lowest BCUT2D eigenvalue weighted by Gasteiger charge is -2.29. The van der Waals surface area contributed by atoms with Crippen molar-refractivity contribution in [2.75, 3.05) is 0 Å². The van der Waals surface area contributed by atoms with E-state index in [4.69, 9.17) is 19.7 Å². The molecule has 0 radical (unpaired) electrons. The quantitative estimate of drug-likeness (QED) is 0.188. The number of benzene rings is 6.